The number of nitrogens with zero attached hydrogens (tertiary/aromatic N) is 2. The van der Waals surface area contributed by atoms with Gasteiger partial charge in [-0.1, -0.05) is 0 Å². The Kier molecular flexibility index (Phi) is 7.89. The summed E-state index contributed by atoms with van der Waals surface area (Å²) < 4.78 is 11.2. The highest BCUT2D eigenvalue weighted by molar-refractivity contribution is 9.10. The second kappa shape index (κ2) is 10.3. The van der Waals surface area contributed by atoms with Gasteiger partial charge in [0.2, 0.25) is 0 Å². The number of hydrogen-bond acceptors (Lipinski definition) is 6. The van der Waals surface area contributed by atoms with E-state index in [4.69, 9.17) is 4.74 Å². The molecule has 2 N–H and O–H groups in total. The maximum absolute atomic E-state index is 13.7. The van der Waals surface area contributed by atoms with Gasteiger partial charge in [0.1, 0.15) is 5.75 Å². The van der Waals surface area contributed by atoms with E-state index >= 15 is 0 Å². The third-order valence-electron chi connectivity index (χ3n) is 5.94. The molecule has 2 aliphatic rings. The van der Waals surface area contributed by atoms with Gasteiger partial charge < -0.3 is 29.9 Å². The molecule has 10 heteroatoms. The van der Waals surface area contributed by atoms with E-state index in [0.29, 0.717) is 21.5 Å². The highest BCUT2D eigenvalue weighted by Gasteiger charge is 2.42. The van der Waals surface area contributed by atoms with Gasteiger partial charge >= 0.3 is 6.09 Å². The highest BCUT2D eigenvalue weighted by Crippen LogP contribution is 2.41. The predicted octanol–water partition coefficient (Wildman–Crippen LogP) is 2.91. The first-order valence-corrected chi connectivity index (χ1v) is 12.1. The monoisotopic (exact) mass is 524 g/mol. The molecule has 0 aromatic heterocycles. The van der Waals surface area contributed by atoms with Crippen LogP contribution in [0.15, 0.2) is 16.6 Å². The van der Waals surface area contributed by atoms with Crippen molar-refractivity contribution < 1.29 is 23.9 Å². The summed E-state index contributed by atoms with van der Waals surface area (Å²) in [7, 11) is 1.28. The molecule has 33 heavy (non-hydrogen) atoms. The van der Waals surface area contributed by atoms with E-state index in [-0.39, 0.29) is 37.0 Å². The molecule has 2 heterocycles. The van der Waals surface area contributed by atoms with Gasteiger partial charge in [-0.15, -0.1) is 0 Å². The maximum Gasteiger partial charge on any atom is 0.406 e. The quantitative estimate of drug-likeness (QED) is 0.593. The van der Waals surface area contributed by atoms with Crippen molar-refractivity contribution in [2.24, 2.45) is 0 Å². The van der Waals surface area contributed by atoms with Crippen LogP contribution in [0.2, 0.25) is 0 Å². The maximum atomic E-state index is 13.7. The fraction of sp³-hybridized carbons (Fsp3) is 0.609. The van der Waals surface area contributed by atoms with Crippen molar-refractivity contribution in [3.8, 4) is 5.75 Å². The zero-order chi connectivity index (χ0) is 24.3. The van der Waals surface area contributed by atoms with Crippen molar-refractivity contribution in [3.63, 3.8) is 0 Å². The van der Waals surface area contributed by atoms with Crippen molar-refractivity contribution in [1.82, 2.24) is 15.5 Å². The summed E-state index contributed by atoms with van der Waals surface area (Å²) in [6.45, 7) is 9.54. The molecule has 0 radical (unpaired) electrons. The van der Waals surface area contributed by atoms with Crippen LogP contribution >= 0.6 is 15.9 Å². The molecular weight excluding hydrogens is 492 g/mol. The van der Waals surface area contributed by atoms with Crippen molar-refractivity contribution in [1.29, 1.82) is 0 Å². The highest BCUT2D eigenvalue weighted by atomic mass is 79.9. The van der Waals surface area contributed by atoms with Gasteiger partial charge in [0.05, 0.1) is 18.4 Å². The minimum absolute atomic E-state index is 0.0162. The standard InChI is InChI=1S/C23H33BrN4O5/c1-14(2)28(15-7-6-8-25-13-15)20(29)16-11-18-19(12-17(16)24)33-23(3,4)21(30)27(18)10-9-26-22(31)32-5/h11-12,14-15,25H,6-10,13H2,1-5H3,(H,26,31)/t15-/m1/s1. The van der Waals surface area contributed by atoms with E-state index in [1.807, 2.05) is 18.7 Å². The Hall–Kier alpha value is -2.33. The lowest BCUT2D eigenvalue weighted by Crippen LogP contribution is -2.54. The third-order valence-corrected chi connectivity index (χ3v) is 6.60. The van der Waals surface area contributed by atoms with E-state index < -0.39 is 11.7 Å². The molecule has 1 fully saturated rings. The smallest absolute Gasteiger partial charge is 0.406 e. The minimum atomic E-state index is -1.08. The summed E-state index contributed by atoms with van der Waals surface area (Å²) in [5.74, 6) is 0.148. The molecule has 1 atom stereocenters. The van der Waals surface area contributed by atoms with Crippen LogP contribution in [0.5, 0.6) is 5.75 Å². The molecule has 0 unspecified atom stereocenters. The fourth-order valence-corrected chi connectivity index (χ4v) is 4.84. The third kappa shape index (κ3) is 5.43. The number of methoxy groups -OCH3 is 1. The Morgan fingerprint density at radius 1 is 1.39 bits per heavy atom. The zero-order valence-electron chi connectivity index (χ0n) is 19.9. The zero-order valence-corrected chi connectivity index (χ0v) is 21.5. The molecule has 3 amide bonds. The average Bonchev–Trinajstić information content (AvgIpc) is 2.76. The van der Waals surface area contributed by atoms with Crippen molar-refractivity contribution in [2.75, 3.05) is 38.2 Å². The Balaban J connectivity index is 1.96. The lowest BCUT2D eigenvalue weighted by Gasteiger charge is -2.40. The number of ether oxygens (including phenoxy) is 2. The Bertz CT molecular complexity index is 914. The van der Waals surface area contributed by atoms with E-state index in [9.17, 15) is 14.4 Å². The molecule has 9 nitrogen and oxygen atoms in total. The second-order valence-corrected chi connectivity index (χ2v) is 9.95. The van der Waals surface area contributed by atoms with Gasteiger partial charge in [-0.25, -0.2) is 4.79 Å². The number of carbonyl (C=O) groups excluding carboxylic acids is 3. The van der Waals surface area contributed by atoms with Crippen LogP contribution in [0.1, 0.15) is 50.9 Å². The van der Waals surface area contributed by atoms with Gasteiger partial charge in [-0.3, -0.25) is 9.59 Å². The molecule has 0 aliphatic carbocycles. The molecule has 1 saturated heterocycles. The van der Waals surface area contributed by atoms with E-state index in [2.05, 4.69) is 31.3 Å². The first-order chi connectivity index (χ1) is 15.6. The van der Waals surface area contributed by atoms with Gasteiger partial charge in [0.15, 0.2) is 5.60 Å². The van der Waals surface area contributed by atoms with Crippen LogP contribution in [-0.4, -0.2) is 73.8 Å². The van der Waals surface area contributed by atoms with E-state index in [0.717, 1.165) is 25.9 Å². The average molecular weight is 525 g/mol. The number of hydrogen-bond donors (Lipinski definition) is 2. The van der Waals surface area contributed by atoms with Crippen molar-refractivity contribution in [2.45, 2.75) is 58.2 Å². The van der Waals surface area contributed by atoms with E-state index in [1.54, 1.807) is 30.9 Å². The molecule has 3 rings (SSSR count). The van der Waals surface area contributed by atoms with Gasteiger partial charge in [0.25, 0.3) is 11.8 Å². The summed E-state index contributed by atoms with van der Waals surface area (Å²) in [6, 6.07) is 3.57. The lowest BCUT2D eigenvalue weighted by atomic mass is 10.0. The Morgan fingerprint density at radius 3 is 2.73 bits per heavy atom. The number of anilines is 1. The molecule has 1 aromatic carbocycles. The number of alkyl carbamates (subject to hydrolysis) is 1. The summed E-state index contributed by atoms with van der Waals surface area (Å²) in [4.78, 5) is 41.8. The SMILES string of the molecule is COC(=O)NCCN1C(=O)C(C)(C)Oc2cc(Br)c(C(=O)N(C(C)C)[C@@H]3CCCNC3)cc21. The number of fused-ring (bicyclic) bond motifs is 1. The molecule has 2 aliphatic heterocycles. The minimum Gasteiger partial charge on any atom is -0.476 e. The van der Waals surface area contributed by atoms with E-state index in [1.165, 1.54) is 7.11 Å². The summed E-state index contributed by atoms with van der Waals surface area (Å²) in [5.41, 5.74) is -0.112. The Labute approximate surface area is 203 Å². The number of rotatable bonds is 6. The van der Waals surface area contributed by atoms with Crippen LogP contribution in [0.25, 0.3) is 0 Å². The Morgan fingerprint density at radius 2 is 2.12 bits per heavy atom. The number of halogens is 1. The molecular formula is C23H33BrN4O5. The summed E-state index contributed by atoms with van der Waals surface area (Å²) >= 11 is 3.55. The molecule has 0 spiro atoms. The first-order valence-electron chi connectivity index (χ1n) is 11.3. The van der Waals surface area contributed by atoms with Gasteiger partial charge in [0, 0.05) is 36.2 Å². The topological polar surface area (TPSA) is 100 Å². The van der Waals surface area contributed by atoms with Gasteiger partial charge in [-0.2, -0.15) is 0 Å². The van der Waals surface area contributed by atoms with Crippen LogP contribution in [-0.2, 0) is 9.53 Å². The van der Waals surface area contributed by atoms with Crippen molar-refractivity contribution in [3.05, 3.63) is 22.2 Å². The molecule has 0 saturated carbocycles. The normalized spacial score (nSPS) is 19.5. The van der Waals surface area contributed by atoms with Crippen LogP contribution in [0, 0.1) is 0 Å². The summed E-state index contributed by atoms with van der Waals surface area (Å²) in [6.07, 6.45) is 1.39. The van der Waals surface area contributed by atoms with Crippen LogP contribution in [0.4, 0.5) is 10.5 Å². The summed E-state index contributed by atoms with van der Waals surface area (Å²) in [5, 5.41) is 5.97. The molecule has 182 valence electrons. The van der Waals surface area contributed by atoms with Gasteiger partial charge in [-0.05, 0) is 75.1 Å². The number of carbonyl (C=O) groups is 3. The number of nitrogens with one attached hydrogen (secondary N) is 2. The number of piperidine rings is 1. The number of amides is 3. The number of benzene rings is 1. The second-order valence-electron chi connectivity index (χ2n) is 9.09. The van der Waals surface area contributed by atoms with Crippen LogP contribution in [0.3, 0.4) is 0 Å². The molecule has 1 aromatic rings. The van der Waals surface area contributed by atoms with Crippen molar-refractivity contribution >= 4 is 39.5 Å². The fourth-order valence-electron chi connectivity index (χ4n) is 4.35. The lowest BCUT2D eigenvalue weighted by molar-refractivity contribution is -0.132. The van der Waals surface area contributed by atoms with Crippen LogP contribution < -0.4 is 20.3 Å². The largest absolute Gasteiger partial charge is 0.476 e. The molecule has 0 bridgehead atoms. The predicted molar refractivity (Wildman–Crippen MR) is 129 cm³/mol. The first kappa shape index (κ1) is 25.3.